The van der Waals surface area contributed by atoms with Crippen LogP contribution in [0.4, 0.5) is 0 Å². The molecule has 1 aromatic heterocycles. The van der Waals surface area contributed by atoms with E-state index in [9.17, 15) is 4.79 Å². The number of carbonyl (C=O) groups is 1. The van der Waals surface area contributed by atoms with Crippen molar-refractivity contribution in [3.63, 3.8) is 0 Å². The summed E-state index contributed by atoms with van der Waals surface area (Å²) in [5.41, 5.74) is 5.59. The van der Waals surface area contributed by atoms with Crippen LogP contribution in [-0.2, 0) is 16.1 Å². The molecular weight excluding hydrogens is 210 g/mol. The van der Waals surface area contributed by atoms with Gasteiger partial charge in [0.15, 0.2) is 5.75 Å². The van der Waals surface area contributed by atoms with E-state index in [2.05, 4.69) is 9.84 Å². The summed E-state index contributed by atoms with van der Waals surface area (Å²) < 4.78 is 11.5. The molecule has 0 saturated carbocycles. The average Bonchev–Trinajstić information content (AvgIpc) is 2.73. The van der Waals surface area contributed by atoms with Crippen LogP contribution in [0, 0.1) is 0 Å². The molecule has 2 N–H and O–H groups in total. The Bertz CT molecular complexity index is 338. The highest BCUT2D eigenvalue weighted by atomic mass is 16.5. The van der Waals surface area contributed by atoms with E-state index in [1.165, 1.54) is 7.11 Å². The fourth-order valence-corrected chi connectivity index (χ4v) is 1.25. The summed E-state index contributed by atoms with van der Waals surface area (Å²) in [5.74, 6) is 0.311. The second-order valence-corrected chi connectivity index (χ2v) is 3.29. The van der Waals surface area contributed by atoms with Gasteiger partial charge in [0.25, 0.3) is 0 Å². The second kappa shape index (κ2) is 6.12. The SMILES string of the molecule is CCOc1cnn(CCC(N)C(=O)OC)c1. The van der Waals surface area contributed by atoms with Gasteiger partial charge in [-0.3, -0.25) is 9.48 Å². The number of carbonyl (C=O) groups excluding carboxylic acids is 1. The molecular formula is C10H17N3O3. The lowest BCUT2D eigenvalue weighted by molar-refractivity contribution is -0.142. The van der Waals surface area contributed by atoms with Gasteiger partial charge in [-0.1, -0.05) is 0 Å². The molecule has 0 saturated heterocycles. The summed E-state index contributed by atoms with van der Waals surface area (Å²) in [7, 11) is 1.32. The van der Waals surface area contributed by atoms with Gasteiger partial charge in [0.1, 0.15) is 6.04 Å². The standard InChI is InChI=1S/C10H17N3O3/c1-3-16-8-6-12-13(7-8)5-4-9(11)10(14)15-2/h6-7,9H,3-5,11H2,1-2H3. The summed E-state index contributed by atoms with van der Waals surface area (Å²) in [4.78, 5) is 11.0. The lowest BCUT2D eigenvalue weighted by Gasteiger charge is -2.08. The Hall–Kier alpha value is -1.56. The van der Waals surface area contributed by atoms with E-state index in [0.717, 1.165) is 0 Å². The number of rotatable bonds is 6. The number of esters is 1. The van der Waals surface area contributed by atoms with E-state index in [-0.39, 0.29) is 0 Å². The highest BCUT2D eigenvalue weighted by molar-refractivity contribution is 5.75. The van der Waals surface area contributed by atoms with E-state index in [1.807, 2.05) is 6.92 Å². The van der Waals surface area contributed by atoms with Crippen molar-refractivity contribution in [1.82, 2.24) is 9.78 Å². The van der Waals surface area contributed by atoms with Crippen LogP contribution in [0.15, 0.2) is 12.4 Å². The van der Waals surface area contributed by atoms with Crippen molar-refractivity contribution < 1.29 is 14.3 Å². The van der Waals surface area contributed by atoms with E-state index in [0.29, 0.717) is 25.3 Å². The Morgan fingerprint density at radius 2 is 2.44 bits per heavy atom. The molecule has 1 heterocycles. The lowest BCUT2D eigenvalue weighted by atomic mass is 10.2. The third-order valence-electron chi connectivity index (χ3n) is 2.09. The molecule has 0 fully saturated rings. The topological polar surface area (TPSA) is 79.4 Å². The minimum absolute atomic E-state index is 0.405. The van der Waals surface area contributed by atoms with Crippen LogP contribution in [0.25, 0.3) is 0 Å². The zero-order valence-corrected chi connectivity index (χ0v) is 9.55. The smallest absolute Gasteiger partial charge is 0.322 e. The van der Waals surface area contributed by atoms with E-state index in [4.69, 9.17) is 10.5 Å². The predicted molar refractivity (Wildman–Crippen MR) is 58.0 cm³/mol. The first-order chi connectivity index (χ1) is 7.67. The molecule has 0 aliphatic carbocycles. The van der Waals surface area contributed by atoms with Crippen LogP contribution >= 0.6 is 0 Å². The van der Waals surface area contributed by atoms with Crippen molar-refractivity contribution in [3.8, 4) is 5.75 Å². The van der Waals surface area contributed by atoms with Crippen LogP contribution in [0.3, 0.4) is 0 Å². The predicted octanol–water partition coefficient (Wildman–Crippen LogP) is 0.172. The van der Waals surface area contributed by atoms with Gasteiger partial charge in [0, 0.05) is 6.54 Å². The average molecular weight is 227 g/mol. The van der Waals surface area contributed by atoms with Crippen LogP contribution in [0.2, 0.25) is 0 Å². The number of hydrogen-bond acceptors (Lipinski definition) is 5. The number of ether oxygens (including phenoxy) is 2. The highest BCUT2D eigenvalue weighted by Crippen LogP contribution is 2.08. The summed E-state index contributed by atoms with van der Waals surface area (Å²) in [6, 6.07) is -0.607. The van der Waals surface area contributed by atoms with E-state index < -0.39 is 12.0 Å². The maximum absolute atomic E-state index is 11.0. The van der Waals surface area contributed by atoms with Gasteiger partial charge in [0.05, 0.1) is 26.1 Å². The molecule has 0 aliphatic heterocycles. The zero-order valence-electron chi connectivity index (χ0n) is 9.55. The molecule has 16 heavy (non-hydrogen) atoms. The minimum Gasteiger partial charge on any atom is -0.491 e. The number of nitrogens with zero attached hydrogens (tertiary/aromatic N) is 2. The van der Waals surface area contributed by atoms with Gasteiger partial charge in [0.2, 0.25) is 0 Å². The lowest BCUT2D eigenvalue weighted by Crippen LogP contribution is -2.32. The molecule has 90 valence electrons. The van der Waals surface area contributed by atoms with Crippen molar-refractivity contribution in [1.29, 1.82) is 0 Å². The van der Waals surface area contributed by atoms with Crippen LogP contribution in [0.1, 0.15) is 13.3 Å². The van der Waals surface area contributed by atoms with E-state index in [1.54, 1.807) is 17.1 Å². The van der Waals surface area contributed by atoms with Crippen molar-refractivity contribution in [2.24, 2.45) is 5.73 Å². The molecule has 0 bridgehead atoms. The Morgan fingerprint density at radius 3 is 3.06 bits per heavy atom. The molecule has 0 spiro atoms. The highest BCUT2D eigenvalue weighted by Gasteiger charge is 2.13. The van der Waals surface area contributed by atoms with Gasteiger partial charge in [-0.25, -0.2) is 0 Å². The number of hydrogen-bond donors (Lipinski definition) is 1. The second-order valence-electron chi connectivity index (χ2n) is 3.29. The van der Waals surface area contributed by atoms with Crippen molar-refractivity contribution in [2.45, 2.75) is 25.9 Å². The number of nitrogens with two attached hydrogens (primary N) is 1. The summed E-state index contributed by atoms with van der Waals surface area (Å²) in [6.07, 6.45) is 3.89. The summed E-state index contributed by atoms with van der Waals surface area (Å²) >= 11 is 0. The maximum Gasteiger partial charge on any atom is 0.322 e. The first kappa shape index (κ1) is 12.5. The summed E-state index contributed by atoms with van der Waals surface area (Å²) in [5, 5.41) is 4.08. The van der Waals surface area contributed by atoms with Crippen LogP contribution < -0.4 is 10.5 Å². The first-order valence-electron chi connectivity index (χ1n) is 5.16. The quantitative estimate of drug-likeness (QED) is 0.701. The van der Waals surface area contributed by atoms with Gasteiger partial charge in [-0.05, 0) is 13.3 Å². The molecule has 1 atom stereocenters. The Balaban J connectivity index is 2.39. The Morgan fingerprint density at radius 1 is 1.69 bits per heavy atom. The van der Waals surface area contributed by atoms with Crippen molar-refractivity contribution in [3.05, 3.63) is 12.4 Å². The van der Waals surface area contributed by atoms with Crippen molar-refractivity contribution in [2.75, 3.05) is 13.7 Å². The number of methoxy groups -OCH3 is 1. The van der Waals surface area contributed by atoms with Gasteiger partial charge in [-0.2, -0.15) is 5.10 Å². The molecule has 1 unspecified atom stereocenters. The molecule has 1 aromatic rings. The minimum atomic E-state index is -0.607. The molecule has 0 amide bonds. The van der Waals surface area contributed by atoms with Crippen molar-refractivity contribution >= 4 is 5.97 Å². The van der Waals surface area contributed by atoms with E-state index >= 15 is 0 Å². The van der Waals surface area contributed by atoms with Crippen LogP contribution in [-0.4, -0.2) is 35.5 Å². The Kier molecular flexibility index (Phi) is 4.78. The molecule has 6 heteroatoms. The van der Waals surface area contributed by atoms with Crippen LogP contribution in [0.5, 0.6) is 5.75 Å². The fraction of sp³-hybridized carbons (Fsp3) is 0.600. The molecule has 1 rings (SSSR count). The van der Waals surface area contributed by atoms with Gasteiger partial charge in [-0.15, -0.1) is 0 Å². The van der Waals surface area contributed by atoms with Gasteiger partial charge >= 0.3 is 5.97 Å². The fourth-order valence-electron chi connectivity index (χ4n) is 1.25. The number of aromatic nitrogens is 2. The first-order valence-corrected chi connectivity index (χ1v) is 5.16. The largest absolute Gasteiger partial charge is 0.491 e. The normalized spacial score (nSPS) is 12.2. The maximum atomic E-state index is 11.0. The number of aryl methyl sites for hydroxylation is 1. The monoisotopic (exact) mass is 227 g/mol. The molecule has 0 aromatic carbocycles. The van der Waals surface area contributed by atoms with Gasteiger partial charge < -0.3 is 15.2 Å². The molecule has 0 radical (unpaired) electrons. The molecule has 6 nitrogen and oxygen atoms in total. The zero-order chi connectivity index (χ0) is 12.0. The molecule has 0 aliphatic rings. The summed E-state index contributed by atoms with van der Waals surface area (Å²) in [6.45, 7) is 3.07. The third-order valence-corrected chi connectivity index (χ3v) is 2.09. The third kappa shape index (κ3) is 3.54. The Labute approximate surface area is 94.3 Å².